The first kappa shape index (κ1) is 25.1. The van der Waals surface area contributed by atoms with Gasteiger partial charge in [-0.2, -0.15) is 5.10 Å². The average molecular weight is 541 g/mol. The molecule has 1 saturated heterocycles. The molecule has 1 atom stereocenters. The van der Waals surface area contributed by atoms with E-state index < -0.39 is 11.9 Å². The third-order valence-corrected chi connectivity index (χ3v) is 6.70. The van der Waals surface area contributed by atoms with E-state index in [2.05, 4.69) is 25.5 Å². The Morgan fingerprint density at radius 1 is 1.14 bits per heavy atom. The topological polar surface area (TPSA) is 96.0 Å². The minimum absolute atomic E-state index is 0.160. The van der Waals surface area contributed by atoms with Crippen molar-refractivity contribution in [1.82, 2.24) is 30.4 Å². The van der Waals surface area contributed by atoms with Crippen molar-refractivity contribution in [2.75, 3.05) is 26.2 Å². The highest BCUT2D eigenvalue weighted by Crippen LogP contribution is 2.34. The first-order valence-electron chi connectivity index (χ1n) is 11.7. The molecule has 1 aliphatic rings. The number of benzene rings is 1. The zero-order valence-corrected chi connectivity index (χ0v) is 21.4. The largest absolute Gasteiger partial charge is 0.486 e. The van der Waals surface area contributed by atoms with Gasteiger partial charge >= 0.3 is 0 Å². The van der Waals surface area contributed by atoms with E-state index in [9.17, 15) is 4.79 Å². The monoisotopic (exact) mass is 540 g/mol. The molecule has 1 aromatic carbocycles. The molecule has 1 fully saturated rings. The fourth-order valence-corrected chi connectivity index (χ4v) is 4.84. The Morgan fingerprint density at radius 2 is 1.89 bits per heavy atom. The number of hydrogen-bond acceptors (Lipinski definition) is 6. The van der Waals surface area contributed by atoms with Crippen LogP contribution in [-0.2, 0) is 0 Å². The summed E-state index contributed by atoms with van der Waals surface area (Å²) in [5.74, 6) is -0.151. The molecule has 8 nitrogen and oxygen atoms in total. The third-order valence-electron chi connectivity index (χ3n) is 6.10. The van der Waals surface area contributed by atoms with Gasteiger partial charge in [0.2, 0.25) is 0 Å². The van der Waals surface area contributed by atoms with Gasteiger partial charge in [0.25, 0.3) is 5.91 Å². The Balaban J connectivity index is 1.35. The first-order chi connectivity index (χ1) is 17.9. The van der Waals surface area contributed by atoms with Gasteiger partial charge in [-0.1, -0.05) is 23.2 Å². The molecule has 1 amide bonds. The predicted molar refractivity (Wildman–Crippen MR) is 141 cm³/mol. The maximum Gasteiger partial charge on any atom is 0.272 e. The second kappa shape index (κ2) is 10.8. The van der Waals surface area contributed by atoms with Crippen molar-refractivity contribution < 1.29 is 13.9 Å². The third kappa shape index (κ3) is 5.44. The average Bonchev–Trinajstić information content (AvgIpc) is 3.30. The van der Waals surface area contributed by atoms with Crippen LogP contribution in [0.15, 0.2) is 48.9 Å². The van der Waals surface area contributed by atoms with Crippen molar-refractivity contribution in [3.05, 3.63) is 81.5 Å². The molecule has 0 radical (unpaired) electrons. The number of nitrogens with zero attached hydrogens (tertiary/aromatic N) is 4. The van der Waals surface area contributed by atoms with E-state index in [1.165, 1.54) is 24.7 Å². The number of halogens is 3. The van der Waals surface area contributed by atoms with Crippen LogP contribution >= 0.6 is 23.2 Å². The number of carbonyl (C=O) groups excluding carboxylic acids is 1. The Morgan fingerprint density at radius 3 is 2.59 bits per heavy atom. The molecular weight excluding hydrogens is 518 g/mol. The lowest BCUT2D eigenvalue weighted by molar-refractivity contribution is 0.0730. The Labute approximate surface area is 222 Å². The minimum Gasteiger partial charge on any atom is -0.486 e. The standard InChI is InChI=1S/C26H23Cl2FN6O2/c1-15(25-19(27)13-31-14-20(25)28)37-17-3-5-22-18(10-17)24(34-33-22)11-21(29)16-2-4-23(32-12-16)26(36)35-8-6-30-7-9-35/h2-5,10-15,30H,6-9H2,1H3,(H,33,34)/b21-11-. The number of aromatic nitrogens is 4. The van der Waals surface area contributed by atoms with E-state index >= 15 is 4.39 Å². The van der Waals surface area contributed by atoms with Gasteiger partial charge in [0, 0.05) is 67.4 Å². The molecule has 0 aliphatic carbocycles. The van der Waals surface area contributed by atoms with Crippen LogP contribution in [0.25, 0.3) is 22.8 Å². The highest BCUT2D eigenvalue weighted by atomic mass is 35.5. The molecule has 0 saturated carbocycles. The molecule has 1 unspecified atom stereocenters. The second-order valence-electron chi connectivity index (χ2n) is 8.56. The van der Waals surface area contributed by atoms with Gasteiger partial charge < -0.3 is 15.0 Å². The highest BCUT2D eigenvalue weighted by molar-refractivity contribution is 6.35. The van der Waals surface area contributed by atoms with Crippen LogP contribution in [-0.4, -0.2) is 57.2 Å². The smallest absolute Gasteiger partial charge is 0.272 e. The summed E-state index contributed by atoms with van der Waals surface area (Å²) in [7, 11) is 0. The van der Waals surface area contributed by atoms with Gasteiger partial charge in [-0.3, -0.25) is 19.9 Å². The summed E-state index contributed by atoms with van der Waals surface area (Å²) < 4.78 is 21.2. The van der Waals surface area contributed by atoms with Crippen molar-refractivity contribution >= 4 is 51.9 Å². The van der Waals surface area contributed by atoms with Gasteiger partial charge in [0.1, 0.15) is 23.4 Å². The number of aromatic amines is 1. The summed E-state index contributed by atoms with van der Waals surface area (Å²) >= 11 is 12.5. The SMILES string of the molecule is CC(Oc1ccc2[nH]nc(/C=C(\F)c3ccc(C(=O)N4CCNCC4)nc3)c2c1)c1c(Cl)cncc1Cl. The highest BCUT2D eigenvalue weighted by Gasteiger charge is 2.20. The van der Waals surface area contributed by atoms with E-state index in [4.69, 9.17) is 27.9 Å². The number of hydrogen-bond donors (Lipinski definition) is 2. The maximum atomic E-state index is 15.1. The summed E-state index contributed by atoms with van der Waals surface area (Å²) in [4.78, 5) is 22.5. The molecule has 4 heterocycles. The van der Waals surface area contributed by atoms with Gasteiger partial charge in [0.15, 0.2) is 0 Å². The number of amides is 1. The number of H-pyrrole nitrogens is 1. The summed E-state index contributed by atoms with van der Waals surface area (Å²) in [6, 6.07) is 8.43. The fourth-order valence-electron chi connectivity index (χ4n) is 4.16. The molecule has 1 aliphatic heterocycles. The van der Waals surface area contributed by atoms with Crippen LogP contribution in [0.1, 0.15) is 40.3 Å². The number of ether oxygens (including phenoxy) is 1. The molecule has 0 spiro atoms. The van der Waals surface area contributed by atoms with E-state index in [1.807, 2.05) is 6.92 Å². The number of fused-ring (bicyclic) bond motifs is 1. The summed E-state index contributed by atoms with van der Waals surface area (Å²) in [6.45, 7) is 4.56. The van der Waals surface area contributed by atoms with E-state index in [1.54, 1.807) is 35.2 Å². The Hall–Kier alpha value is -3.53. The zero-order chi connectivity index (χ0) is 25.9. The molecule has 0 bridgehead atoms. The molecule has 190 valence electrons. The Bertz CT molecular complexity index is 1450. The van der Waals surface area contributed by atoms with Gasteiger partial charge in [-0.25, -0.2) is 4.39 Å². The van der Waals surface area contributed by atoms with Crippen LogP contribution in [0.5, 0.6) is 5.75 Å². The van der Waals surface area contributed by atoms with Crippen molar-refractivity contribution in [2.45, 2.75) is 13.0 Å². The molecule has 4 aromatic rings. The van der Waals surface area contributed by atoms with Crippen LogP contribution in [0, 0.1) is 0 Å². The fraction of sp³-hybridized carbons (Fsp3) is 0.231. The number of pyridine rings is 2. The van der Waals surface area contributed by atoms with E-state index in [0.717, 1.165) is 13.1 Å². The number of piperazine rings is 1. The van der Waals surface area contributed by atoms with Crippen molar-refractivity contribution in [1.29, 1.82) is 0 Å². The first-order valence-corrected chi connectivity index (χ1v) is 12.4. The molecule has 37 heavy (non-hydrogen) atoms. The summed E-state index contributed by atoms with van der Waals surface area (Å²) in [6.07, 6.45) is 5.24. The Kier molecular flexibility index (Phi) is 7.36. The zero-order valence-electron chi connectivity index (χ0n) is 19.8. The molecular formula is C26H23Cl2FN6O2. The second-order valence-corrected chi connectivity index (χ2v) is 9.37. The van der Waals surface area contributed by atoms with Gasteiger partial charge in [-0.05, 0) is 37.3 Å². The van der Waals surface area contributed by atoms with E-state index in [0.29, 0.717) is 51.0 Å². The lowest BCUT2D eigenvalue weighted by atomic mass is 10.1. The molecule has 2 N–H and O–H groups in total. The number of rotatable bonds is 6. The number of nitrogens with one attached hydrogen (secondary N) is 2. The quantitative estimate of drug-likeness (QED) is 0.344. The minimum atomic E-state index is -0.530. The summed E-state index contributed by atoms with van der Waals surface area (Å²) in [5, 5.41) is 11.8. The van der Waals surface area contributed by atoms with Crippen LogP contribution in [0.4, 0.5) is 4.39 Å². The van der Waals surface area contributed by atoms with Crippen molar-refractivity contribution in [2.24, 2.45) is 0 Å². The maximum absolute atomic E-state index is 15.1. The van der Waals surface area contributed by atoms with Crippen molar-refractivity contribution in [3.8, 4) is 5.75 Å². The molecule has 11 heteroatoms. The molecule has 3 aromatic heterocycles. The lowest BCUT2D eigenvalue weighted by Gasteiger charge is -2.27. The lowest BCUT2D eigenvalue weighted by Crippen LogP contribution is -2.46. The molecule has 5 rings (SSSR count). The predicted octanol–water partition coefficient (Wildman–Crippen LogP) is 5.31. The van der Waals surface area contributed by atoms with Crippen LogP contribution < -0.4 is 10.1 Å². The van der Waals surface area contributed by atoms with Crippen LogP contribution in [0.3, 0.4) is 0 Å². The van der Waals surface area contributed by atoms with Gasteiger partial charge in [0.05, 0.1) is 21.3 Å². The van der Waals surface area contributed by atoms with Gasteiger partial charge in [-0.15, -0.1) is 0 Å². The normalized spacial score (nSPS) is 15.1. The van der Waals surface area contributed by atoms with Crippen molar-refractivity contribution in [3.63, 3.8) is 0 Å². The van der Waals surface area contributed by atoms with Crippen LogP contribution in [0.2, 0.25) is 10.0 Å². The van der Waals surface area contributed by atoms with E-state index in [-0.39, 0.29) is 17.2 Å². The summed E-state index contributed by atoms with van der Waals surface area (Å²) in [5.41, 5.74) is 2.27. The number of carbonyl (C=O) groups is 1.